The molecule has 3 amide bonds. The lowest BCUT2D eigenvalue weighted by Gasteiger charge is -2.25. The first-order valence-electron chi connectivity index (χ1n) is 12.0. The van der Waals surface area contributed by atoms with Crippen LogP contribution in [-0.4, -0.2) is 40.1 Å². The molecule has 0 unspecified atom stereocenters. The van der Waals surface area contributed by atoms with Crippen LogP contribution in [0.15, 0.2) is 66.7 Å². The van der Waals surface area contributed by atoms with E-state index in [1.807, 2.05) is 37.3 Å². The van der Waals surface area contributed by atoms with Crippen molar-refractivity contribution < 1.29 is 28.8 Å². The van der Waals surface area contributed by atoms with E-state index < -0.39 is 34.3 Å². The van der Waals surface area contributed by atoms with Crippen molar-refractivity contribution >= 4 is 35.1 Å². The third-order valence-corrected chi connectivity index (χ3v) is 6.96. The highest BCUT2D eigenvalue weighted by molar-refractivity contribution is 6.35. The van der Waals surface area contributed by atoms with Crippen molar-refractivity contribution in [3.63, 3.8) is 0 Å². The van der Waals surface area contributed by atoms with Crippen LogP contribution in [0.2, 0.25) is 0 Å². The summed E-state index contributed by atoms with van der Waals surface area (Å²) in [6.07, 6.45) is 0.0426. The zero-order valence-corrected chi connectivity index (χ0v) is 20.6. The summed E-state index contributed by atoms with van der Waals surface area (Å²) in [5.74, 6) is -2.58. The number of likely N-dealkylation sites (tertiary alicyclic amines) is 1. The van der Waals surface area contributed by atoms with Crippen LogP contribution in [0.3, 0.4) is 0 Å². The molecule has 0 radical (unpaired) electrons. The first-order chi connectivity index (χ1) is 18.2. The molecule has 3 aromatic rings. The van der Waals surface area contributed by atoms with Gasteiger partial charge in [0.2, 0.25) is 5.91 Å². The van der Waals surface area contributed by atoms with E-state index in [-0.39, 0.29) is 47.5 Å². The molecule has 1 saturated heterocycles. The maximum Gasteiger partial charge on any atom is 0.316 e. The summed E-state index contributed by atoms with van der Waals surface area (Å²) in [5.41, 5.74) is 0.920. The molecule has 0 N–H and O–H groups in total. The summed E-state index contributed by atoms with van der Waals surface area (Å²) >= 11 is 0. The number of ether oxygens (including phenoxy) is 1. The molecule has 0 aliphatic carbocycles. The van der Waals surface area contributed by atoms with Gasteiger partial charge in [0.15, 0.2) is 0 Å². The number of aryl methyl sites for hydroxylation is 1. The van der Waals surface area contributed by atoms with Crippen LogP contribution in [0.4, 0.5) is 11.4 Å². The van der Waals surface area contributed by atoms with Gasteiger partial charge >= 0.3 is 5.97 Å². The number of carbonyl (C=O) groups excluding carboxylic acids is 4. The number of benzene rings is 3. The molecule has 0 spiro atoms. The Morgan fingerprint density at radius 1 is 1.03 bits per heavy atom. The number of amides is 3. The lowest BCUT2D eigenvalue weighted by Crippen LogP contribution is -2.30. The summed E-state index contributed by atoms with van der Waals surface area (Å²) in [4.78, 5) is 64.7. The SMILES string of the molecule is Cc1cc(OC(=O)[C@@H]2CC(=O)N([C@H](C)c3ccccc3)C2)ccc1N1C(=O)c2cccc([N+](=O)[O-])c2C1=O. The highest BCUT2D eigenvalue weighted by Gasteiger charge is 2.42. The van der Waals surface area contributed by atoms with Crippen LogP contribution in [-0.2, 0) is 9.59 Å². The molecule has 1 fully saturated rings. The van der Waals surface area contributed by atoms with E-state index in [1.54, 1.807) is 11.8 Å². The molecule has 10 nitrogen and oxygen atoms in total. The Kier molecular flexibility index (Phi) is 6.23. The zero-order chi connectivity index (χ0) is 27.1. The monoisotopic (exact) mass is 513 g/mol. The topological polar surface area (TPSA) is 127 Å². The molecule has 2 aliphatic heterocycles. The second-order valence-electron chi connectivity index (χ2n) is 9.31. The van der Waals surface area contributed by atoms with Crippen LogP contribution in [0.5, 0.6) is 5.75 Å². The number of nitro groups is 1. The van der Waals surface area contributed by atoms with Crippen LogP contribution in [0.25, 0.3) is 0 Å². The molecule has 10 heteroatoms. The van der Waals surface area contributed by atoms with Gasteiger partial charge in [-0.15, -0.1) is 0 Å². The highest BCUT2D eigenvalue weighted by Crippen LogP contribution is 2.36. The largest absolute Gasteiger partial charge is 0.426 e. The molecule has 2 atom stereocenters. The van der Waals surface area contributed by atoms with Crippen LogP contribution in [0, 0.1) is 23.0 Å². The standard InChI is InChI=1S/C28H23N3O7/c1-16-13-20(38-28(35)19-14-24(32)29(15-19)17(2)18-7-4-3-5-8-18)11-12-22(16)30-26(33)21-9-6-10-23(31(36)37)25(21)27(30)34/h3-13,17,19H,14-15H2,1-2H3/t17-,19-/m1/s1. The number of nitro benzene ring substituents is 1. The Morgan fingerprint density at radius 2 is 1.76 bits per heavy atom. The normalized spacial score (nSPS) is 17.5. The first kappa shape index (κ1) is 24.8. The summed E-state index contributed by atoms with van der Waals surface area (Å²) in [5, 5.41) is 11.4. The maximum atomic E-state index is 13.0. The maximum absolute atomic E-state index is 13.0. The number of fused-ring (bicyclic) bond motifs is 1. The quantitative estimate of drug-likeness (QED) is 0.159. The minimum atomic E-state index is -0.790. The third kappa shape index (κ3) is 4.19. The first-order valence-corrected chi connectivity index (χ1v) is 12.0. The van der Waals surface area contributed by atoms with E-state index in [9.17, 15) is 29.3 Å². The second kappa shape index (κ2) is 9.55. The number of hydrogen-bond donors (Lipinski definition) is 0. The molecular formula is C28H23N3O7. The summed E-state index contributed by atoms with van der Waals surface area (Å²) in [6.45, 7) is 3.78. The van der Waals surface area contributed by atoms with Crippen molar-refractivity contribution in [3.05, 3.63) is 99.1 Å². The Hall–Kier alpha value is -4.86. The summed E-state index contributed by atoms with van der Waals surface area (Å²) < 4.78 is 5.55. The fourth-order valence-corrected chi connectivity index (χ4v) is 4.96. The number of hydrogen-bond acceptors (Lipinski definition) is 7. The molecule has 2 aliphatic rings. The summed E-state index contributed by atoms with van der Waals surface area (Å²) in [7, 11) is 0. The van der Waals surface area contributed by atoms with Gasteiger partial charge in [0.25, 0.3) is 17.5 Å². The fraction of sp³-hybridized carbons (Fsp3) is 0.214. The third-order valence-electron chi connectivity index (χ3n) is 6.96. The predicted octanol–water partition coefficient (Wildman–Crippen LogP) is 4.22. The van der Waals surface area contributed by atoms with Gasteiger partial charge in [-0.2, -0.15) is 0 Å². The lowest BCUT2D eigenvalue weighted by atomic mass is 10.1. The molecular weight excluding hydrogens is 490 g/mol. The number of esters is 1. The van der Waals surface area contributed by atoms with Gasteiger partial charge in [0.1, 0.15) is 11.3 Å². The van der Waals surface area contributed by atoms with Gasteiger partial charge < -0.3 is 9.64 Å². The van der Waals surface area contributed by atoms with Crippen molar-refractivity contribution in [3.8, 4) is 5.75 Å². The van der Waals surface area contributed by atoms with Crippen molar-refractivity contribution in [2.45, 2.75) is 26.3 Å². The minimum absolute atomic E-state index is 0.0423. The molecule has 0 saturated carbocycles. The zero-order valence-electron chi connectivity index (χ0n) is 20.6. The molecule has 3 aromatic carbocycles. The van der Waals surface area contributed by atoms with Crippen LogP contribution >= 0.6 is 0 Å². The van der Waals surface area contributed by atoms with E-state index in [0.717, 1.165) is 10.5 Å². The van der Waals surface area contributed by atoms with E-state index in [1.165, 1.54) is 36.4 Å². The van der Waals surface area contributed by atoms with Crippen molar-refractivity contribution in [1.82, 2.24) is 4.90 Å². The smallest absolute Gasteiger partial charge is 0.316 e. The van der Waals surface area contributed by atoms with Gasteiger partial charge in [-0.1, -0.05) is 36.4 Å². The highest BCUT2D eigenvalue weighted by atomic mass is 16.6. The van der Waals surface area contributed by atoms with E-state index in [2.05, 4.69) is 0 Å². The van der Waals surface area contributed by atoms with E-state index in [0.29, 0.717) is 5.56 Å². The lowest BCUT2D eigenvalue weighted by molar-refractivity contribution is -0.385. The number of nitrogens with zero attached hydrogens (tertiary/aromatic N) is 3. The van der Waals surface area contributed by atoms with Gasteiger partial charge in [-0.25, -0.2) is 4.90 Å². The Balaban J connectivity index is 1.31. The Bertz CT molecular complexity index is 1500. The van der Waals surface area contributed by atoms with Gasteiger partial charge in [-0.3, -0.25) is 29.3 Å². The average Bonchev–Trinajstić information content (AvgIpc) is 3.41. The van der Waals surface area contributed by atoms with Crippen molar-refractivity contribution in [1.29, 1.82) is 0 Å². The second-order valence-corrected chi connectivity index (χ2v) is 9.31. The number of anilines is 1. The Morgan fingerprint density at radius 3 is 2.45 bits per heavy atom. The van der Waals surface area contributed by atoms with E-state index in [4.69, 9.17) is 4.74 Å². The van der Waals surface area contributed by atoms with Crippen molar-refractivity contribution in [2.75, 3.05) is 11.4 Å². The number of rotatable bonds is 6. The minimum Gasteiger partial charge on any atom is -0.426 e. The number of carbonyl (C=O) groups is 4. The summed E-state index contributed by atoms with van der Waals surface area (Å²) in [6, 6.07) is 17.7. The van der Waals surface area contributed by atoms with Crippen molar-refractivity contribution in [2.24, 2.45) is 5.92 Å². The predicted molar refractivity (Wildman–Crippen MR) is 136 cm³/mol. The van der Waals surface area contributed by atoms with Crippen LogP contribution < -0.4 is 9.64 Å². The van der Waals surface area contributed by atoms with E-state index >= 15 is 0 Å². The molecule has 0 aromatic heterocycles. The molecule has 0 bridgehead atoms. The molecule has 38 heavy (non-hydrogen) atoms. The van der Waals surface area contributed by atoms with Gasteiger partial charge in [-0.05, 0) is 49.2 Å². The molecule has 192 valence electrons. The Labute approximate surface area is 217 Å². The average molecular weight is 514 g/mol. The fourth-order valence-electron chi connectivity index (χ4n) is 4.96. The molecule has 2 heterocycles. The molecule has 5 rings (SSSR count). The van der Waals surface area contributed by atoms with Gasteiger partial charge in [0, 0.05) is 19.0 Å². The van der Waals surface area contributed by atoms with Gasteiger partial charge in [0.05, 0.1) is 28.1 Å². The van der Waals surface area contributed by atoms with Crippen LogP contribution in [0.1, 0.15) is 51.2 Å². The number of imide groups is 1.